The van der Waals surface area contributed by atoms with Gasteiger partial charge in [-0.25, -0.2) is 18.0 Å². The molecule has 1 aliphatic rings. The highest BCUT2D eigenvalue weighted by molar-refractivity contribution is 6.11. The summed E-state index contributed by atoms with van der Waals surface area (Å²) in [6.45, 7) is 5.73. The number of nitrogens with one attached hydrogen (secondary N) is 1. The van der Waals surface area contributed by atoms with Crippen molar-refractivity contribution in [1.29, 1.82) is 0 Å². The minimum Gasteiger partial charge on any atom is -0.319 e. The van der Waals surface area contributed by atoms with Gasteiger partial charge in [0.05, 0.1) is 6.54 Å². The lowest BCUT2D eigenvalue weighted by Crippen LogP contribution is -2.42. The first-order valence-corrected chi connectivity index (χ1v) is 10.5. The summed E-state index contributed by atoms with van der Waals surface area (Å²) >= 11 is 0. The number of benzene rings is 2. The molecular formula is C25H22F3N3O3. The second kappa shape index (κ2) is 8.16. The summed E-state index contributed by atoms with van der Waals surface area (Å²) in [6, 6.07) is 8.03. The number of Topliss-reactive ketones (excluding diaryl/α,β-unsaturated/α-hetero) is 1. The molecule has 1 aromatic heterocycles. The Morgan fingerprint density at radius 1 is 0.971 bits per heavy atom. The van der Waals surface area contributed by atoms with E-state index in [1.54, 1.807) is 43.5 Å². The summed E-state index contributed by atoms with van der Waals surface area (Å²) in [4.78, 5) is 39.4. The molecule has 1 aliphatic heterocycles. The van der Waals surface area contributed by atoms with Gasteiger partial charge in [0.15, 0.2) is 5.78 Å². The molecule has 4 rings (SSSR count). The molecule has 2 heterocycles. The third-order valence-electron chi connectivity index (χ3n) is 6.19. The van der Waals surface area contributed by atoms with Crippen molar-refractivity contribution in [3.63, 3.8) is 0 Å². The monoisotopic (exact) mass is 469 g/mol. The van der Waals surface area contributed by atoms with E-state index in [1.165, 1.54) is 13.0 Å². The number of aryl methyl sites for hydroxylation is 2. The molecule has 34 heavy (non-hydrogen) atoms. The molecule has 176 valence electrons. The molecule has 1 fully saturated rings. The van der Waals surface area contributed by atoms with Gasteiger partial charge in [0.1, 0.15) is 23.0 Å². The highest BCUT2D eigenvalue weighted by Gasteiger charge is 2.51. The van der Waals surface area contributed by atoms with E-state index in [0.29, 0.717) is 27.5 Å². The van der Waals surface area contributed by atoms with Crippen LogP contribution in [0.5, 0.6) is 0 Å². The highest BCUT2D eigenvalue weighted by Crippen LogP contribution is 2.32. The first-order chi connectivity index (χ1) is 15.9. The number of halogens is 3. The lowest BCUT2D eigenvalue weighted by atomic mass is 9.91. The molecule has 0 bridgehead atoms. The fraction of sp³-hybridized carbons (Fsp3) is 0.240. The normalized spacial score (nSPS) is 17.9. The Balaban J connectivity index is 1.63. The molecule has 0 aliphatic carbocycles. The number of carbonyl (C=O) groups excluding carboxylic acids is 3. The topological polar surface area (TPSA) is 71.4 Å². The zero-order chi connectivity index (χ0) is 24.9. The third kappa shape index (κ3) is 3.67. The van der Waals surface area contributed by atoms with Crippen molar-refractivity contribution >= 4 is 17.7 Å². The van der Waals surface area contributed by atoms with Crippen molar-refractivity contribution in [3.05, 3.63) is 88.0 Å². The van der Waals surface area contributed by atoms with Crippen LogP contribution in [-0.2, 0) is 10.3 Å². The number of imide groups is 1. The second-order valence-corrected chi connectivity index (χ2v) is 8.55. The average molecular weight is 469 g/mol. The number of hydrogen-bond donors (Lipinski definition) is 1. The summed E-state index contributed by atoms with van der Waals surface area (Å²) in [6.07, 6.45) is 0. The Morgan fingerprint density at radius 2 is 1.68 bits per heavy atom. The average Bonchev–Trinajstić information content (AvgIpc) is 3.19. The molecule has 0 saturated carbocycles. The molecule has 0 spiro atoms. The van der Waals surface area contributed by atoms with E-state index in [-0.39, 0.29) is 16.9 Å². The maximum atomic E-state index is 14.4. The zero-order valence-electron chi connectivity index (χ0n) is 19.0. The first-order valence-electron chi connectivity index (χ1n) is 10.5. The smallest absolute Gasteiger partial charge is 0.319 e. The van der Waals surface area contributed by atoms with Gasteiger partial charge in [-0.1, -0.05) is 6.07 Å². The van der Waals surface area contributed by atoms with Gasteiger partial charge in [-0.15, -0.1) is 0 Å². The van der Waals surface area contributed by atoms with Gasteiger partial charge in [0, 0.05) is 28.2 Å². The van der Waals surface area contributed by atoms with Crippen LogP contribution in [0, 0.1) is 38.2 Å². The first kappa shape index (κ1) is 23.3. The van der Waals surface area contributed by atoms with Crippen LogP contribution >= 0.6 is 0 Å². The van der Waals surface area contributed by atoms with Crippen LogP contribution in [0.2, 0.25) is 0 Å². The number of rotatable bonds is 5. The maximum Gasteiger partial charge on any atom is 0.325 e. The molecule has 9 heteroatoms. The van der Waals surface area contributed by atoms with E-state index in [9.17, 15) is 27.6 Å². The van der Waals surface area contributed by atoms with Crippen LogP contribution in [0.1, 0.15) is 39.8 Å². The van der Waals surface area contributed by atoms with Crippen molar-refractivity contribution in [2.45, 2.75) is 33.2 Å². The van der Waals surface area contributed by atoms with Gasteiger partial charge < -0.3 is 9.88 Å². The van der Waals surface area contributed by atoms with Gasteiger partial charge in [-0.3, -0.25) is 14.5 Å². The summed E-state index contributed by atoms with van der Waals surface area (Å²) in [5, 5.41) is 2.37. The molecule has 6 nitrogen and oxygen atoms in total. The van der Waals surface area contributed by atoms with E-state index >= 15 is 0 Å². The lowest BCUT2D eigenvalue weighted by Gasteiger charge is -2.22. The largest absolute Gasteiger partial charge is 0.325 e. The summed E-state index contributed by atoms with van der Waals surface area (Å²) < 4.78 is 43.9. The number of carbonyl (C=O) groups is 3. The maximum absolute atomic E-state index is 14.4. The Kier molecular flexibility index (Phi) is 5.59. The molecule has 3 aromatic rings. The molecular weight excluding hydrogens is 447 g/mol. The van der Waals surface area contributed by atoms with Crippen LogP contribution in [0.15, 0.2) is 42.5 Å². The van der Waals surface area contributed by atoms with Gasteiger partial charge >= 0.3 is 6.03 Å². The predicted octanol–water partition coefficient (Wildman–Crippen LogP) is 4.47. The predicted molar refractivity (Wildman–Crippen MR) is 118 cm³/mol. The van der Waals surface area contributed by atoms with E-state index in [1.807, 2.05) is 0 Å². The standard InChI is InChI=1S/C25H22F3N3O3/c1-13-5-7-17(11-21(13)28)31-14(2)9-18(15(31)3)22(32)12-30-23(33)25(4,29-24(30)34)19-10-16(26)6-8-20(19)27/h5-11H,12H2,1-4H3,(H,29,34). The number of urea groups is 1. The molecule has 0 radical (unpaired) electrons. The molecule has 1 unspecified atom stereocenters. The third-order valence-corrected chi connectivity index (χ3v) is 6.19. The molecule has 1 saturated heterocycles. The van der Waals surface area contributed by atoms with Crippen molar-refractivity contribution in [2.75, 3.05) is 6.54 Å². The second-order valence-electron chi connectivity index (χ2n) is 8.55. The van der Waals surface area contributed by atoms with Gasteiger partial charge in [-0.05, 0) is 69.7 Å². The van der Waals surface area contributed by atoms with Crippen LogP contribution in [0.3, 0.4) is 0 Å². The Hall–Kier alpha value is -3.88. The van der Waals surface area contributed by atoms with Crippen LogP contribution < -0.4 is 5.32 Å². The van der Waals surface area contributed by atoms with E-state index in [4.69, 9.17) is 0 Å². The van der Waals surface area contributed by atoms with Crippen LogP contribution in [-0.4, -0.2) is 33.7 Å². The van der Waals surface area contributed by atoms with Crippen LogP contribution in [0.4, 0.5) is 18.0 Å². The van der Waals surface area contributed by atoms with Gasteiger partial charge in [-0.2, -0.15) is 0 Å². The molecule has 1 N–H and O–H groups in total. The van der Waals surface area contributed by atoms with Crippen molar-refractivity contribution in [3.8, 4) is 5.69 Å². The van der Waals surface area contributed by atoms with Gasteiger partial charge in [0.25, 0.3) is 5.91 Å². The SMILES string of the molecule is Cc1ccc(-n2c(C)cc(C(=O)CN3C(=O)NC(C)(c4cc(F)ccc4F)C3=O)c2C)cc1F. The quantitative estimate of drug-likeness (QED) is 0.443. The van der Waals surface area contributed by atoms with E-state index in [2.05, 4.69) is 5.32 Å². The van der Waals surface area contributed by atoms with Gasteiger partial charge in [0.2, 0.25) is 0 Å². The highest BCUT2D eigenvalue weighted by atomic mass is 19.1. The number of aromatic nitrogens is 1. The van der Waals surface area contributed by atoms with E-state index < -0.39 is 41.4 Å². The van der Waals surface area contributed by atoms with Crippen molar-refractivity contribution in [1.82, 2.24) is 14.8 Å². The number of nitrogens with zero attached hydrogens (tertiary/aromatic N) is 2. The Labute approximate surface area is 194 Å². The summed E-state index contributed by atoms with van der Waals surface area (Å²) in [5.41, 5.74) is 0.245. The fourth-order valence-electron chi connectivity index (χ4n) is 4.30. The molecule has 1 atom stereocenters. The minimum absolute atomic E-state index is 0.254. The fourth-order valence-corrected chi connectivity index (χ4v) is 4.30. The lowest BCUT2D eigenvalue weighted by molar-refractivity contribution is -0.130. The zero-order valence-corrected chi connectivity index (χ0v) is 19.0. The Bertz CT molecular complexity index is 1360. The number of amides is 3. The van der Waals surface area contributed by atoms with Crippen LogP contribution in [0.25, 0.3) is 5.69 Å². The summed E-state index contributed by atoms with van der Waals surface area (Å²) in [7, 11) is 0. The number of hydrogen-bond acceptors (Lipinski definition) is 3. The van der Waals surface area contributed by atoms with E-state index in [0.717, 1.165) is 18.2 Å². The Morgan fingerprint density at radius 3 is 2.35 bits per heavy atom. The molecule has 3 amide bonds. The molecule has 2 aromatic carbocycles. The van der Waals surface area contributed by atoms with Crippen molar-refractivity contribution < 1.29 is 27.6 Å². The summed E-state index contributed by atoms with van der Waals surface area (Å²) in [5.74, 6) is -3.42. The van der Waals surface area contributed by atoms with Crippen molar-refractivity contribution in [2.24, 2.45) is 0 Å². The minimum atomic E-state index is -1.86. The number of ketones is 1.